The van der Waals surface area contributed by atoms with Crippen LogP contribution in [-0.4, -0.2) is 45.7 Å². The van der Waals surface area contributed by atoms with Crippen molar-refractivity contribution >= 4 is 11.9 Å². The summed E-state index contributed by atoms with van der Waals surface area (Å²) in [5, 5.41) is 18.7. The number of aliphatic hydroxyl groups excluding tert-OH is 1. The molecule has 1 aliphatic rings. The highest BCUT2D eigenvalue weighted by Crippen LogP contribution is 2.19. The van der Waals surface area contributed by atoms with E-state index in [0.29, 0.717) is 38.0 Å². The first-order valence-electron chi connectivity index (χ1n) is 8.92. The van der Waals surface area contributed by atoms with Crippen molar-refractivity contribution in [1.82, 2.24) is 4.90 Å². The maximum Gasteiger partial charge on any atom is 0.303 e. The number of nitrogens with zero attached hydrogens (tertiary/aromatic N) is 1. The molecule has 26 heavy (non-hydrogen) atoms. The lowest BCUT2D eigenvalue weighted by Crippen LogP contribution is -2.42. The van der Waals surface area contributed by atoms with Crippen LogP contribution in [-0.2, 0) is 16.0 Å². The molecule has 1 fully saturated rings. The number of unbranched alkanes of at least 4 members (excludes halogenated alkanes) is 1. The van der Waals surface area contributed by atoms with Gasteiger partial charge in [0.05, 0.1) is 25.0 Å². The molecular weight excluding hydrogens is 334 g/mol. The van der Waals surface area contributed by atoms with Crippen LogP contribution < -0.4 is 0 Å². The van der Waals surface area contributed by atoms with Crippen molar-refractivity contribution in [2.45, 2.75) is 57.1 Å². The Kier molecular flexibility index (Phi) is 7.97. The molecule has 1 aliphatic heterocycles. The van der Waals surface area contributed by atoms with E-state index >= 15 is 0 Å². The number of carbonyl (C=O) groups is 2. The van der Waals surface area contributed by atoms with E-state index < -0.39 is 12.1 Å². The van der Waals surface area contributed by atoms with Gasteiger partial charge in [-0.3, -0.25) is 9.59 Å². The molecule has 6 heteroatoms. The summed E-state index contributed by atoms with van der Waals surface area (Å²) in [4.78, 5) is 24.4. The number of hydrogen-bond donors (Lipinski definition) is 2. The summed E-state index contributed by atoms with van der Waals surface area (Å²) in [7, 11) is 0. The number of amides is 1. The number of furan rings is 1. The highest BCUT2D eigenvalue weighted by molar-refractivity contribution is 5.77. The Morgan fingerprint density at radius 1 is 1.46 bits per heavy atom. The average Bonchev–Trinajstić information content (AvgIpc) is 3.10. The van der Waals surface area contributed by atoms with Crippen LogP contribution in [0.1, 0.15) is 44.3 Å². The molecule has 2 atom stereocenters. The molecular formula is C20H25NO5. The Morgan fingerprint density at radius 2 is 2.31 bits per heavy atom. The average molecular weight is 359 g/mol. The van der Waals surface area contributed by atoms with Crippen molar-refractivity contribution in [1.29, 1.82) is 0 Å². The van der Waals surface area contributed by atoms with Crippen LogP contribution in [0.15, 0.2) is 35.0 Å². The molecule has 6 nitrogen and oxygen atoms in total. The summed E-state index contributed by atoms with van der Waals surface area (Å²) in [5.74, 6) is 5.85. The number of rotatable bonds is 8. The molecule has 0 bridgehead atoms. The van der Waals surface area contributed by atoms with E-state index in [1.165, 1.54) is 0 Å². The van der Waals surface area contributed by atoms with Crippen LogP contribution >= 0.6 is 0 Å². The van der Waals surface area contributed by atoms with Gasteiger partial charge in [-0.25, -0.2) is 0 Å². The Hall–Kier alpha value is -2.52. The van der Waals surface area contributed by atoms with Crippen LogP contribution in [0, 0.1) is 11.8 Å². The molecule has 2 N–H and O–H groups in total. The van der Waals surface area contributed by atoms with Crippen molar-refractivity contribution < 1.29 is 24.2 Å². The Balaban J connectivity index is 1.86. The first-order chi connectivity index (χ1) is 12.6. The third kappa shape index (κ3) is 6.77. The molecule has 0 spiro atoms. The summed E-state index contributed by atoms with van der Waals surface area (Å²) in [6.45, 7) is 0.329. The normalized spacial score (nSPS) is 18.6. The van der Waals surface area contributed by atoms with Crippen molar-refractivity contribution in [2.75, 3.05) is 6.54 Å². The molecule has 0 aliphatic carbocycles. The number of carboxylic acids is 1. The predicted molar refractivity (Wildman–Crippen MR) is 96.2 cm³/mol. The summed E-state index contributed by atoms with van der Waals surface area (Å²) in [6.07, 6.45) is 8.19. The minimum atomic E-state index is -0.823. The lowest BCUT2D eigenvalue weighted by atomic mass is 10.00. The van der Waals surface area contributed by atoms with Gasteiger partial charge in [-0.2, -0.15) is 0 Å². The predicted octanol–water partition coefficient (Wildman–Crippen LogP) is 2.38. The molecule has 0 aromatic carbocycles. The smallest absolute Gasteiger partial charge is 0.303 e. The Bertz CT molecular complexity index is 668. The fourth-order valence-electron chi connectivity index (χ4n) is 2.87. The lowest BCUT2D eigenvalue weighted by Gasteiger charge is -2.32. The summed E-state index contributed by atoms with van der Waals surface area (Å²) in [6, 6.07) is 3.52. The second-order valence-corrected chi connectivity index (χ2v) is 6.32. The summed E-state index contributed by atoms with van der Waals surface area (Å²) in [5.41, 5.74) is 0. The van der Waals surface area contributed by atoms with Gasteiger partial charge >= 0.3 is 5.97 Å². The van der Waals surface area contributed by atoms with Gasteiger partial charge in [0, 0.05) is 25.7 Å². The number of aliphatic carboxylic acids is 1. The van der Waals surface area contributed by atoms with E-state index in [1.807, 2.05) is 12.1 Å². The lowest BCUT2D eigenvalue weighted by molar-refractivity contribution is -0.137. The van der Waals surface area contributed by atoms with E-state index in [2.05, 4.69) is 11.8 Å². The topological polar surface area (TPSA) is 91.0 Å². The third-order valence-electron chi connectivity index (χ3n) is 4.22. The van der Waals surface area contributed by atoms with Crippen molar-refractivity contribution in [3.8, 4) is 11.8 Å². The van der Waals surface area contributed by atoms with Crippen LogP contribution in [0.25, 0.3) is 0 Å². The minimum absolute atomic E-state index is 0.0614. The van der Waals surface area contributed by atoms with Crippen LogP contribution in [0.3, 0.4) is 0 Å². The maximum atomic E-state index is 12.2. The van der Waals surface area contributed by atoms with Gasteiger partial charge in [0.2, 0.25) is 5.91 Å². The zero-order chi connectivity index (χ0) is 18.8. The first kappa shape index (κ1) is 19.8. The van der Waals surface area contributed by atoms with Crippen LogP contribution in [0.4, 0.5) is 0 Å². The van der Waals surface area contributed by atoms with Gasteiger partial charge in [-0.15, -0.1) is 5.92 Å². The van der Waals surface area contributed by atoms with Crippen LogP contribution in [0.2, 0.25) is 0 Å². The van der Waals surface area contributed by atoms with E-state index in [1.54, 1.807) is 23.3 Å². The number of piperidine rings is 1. The zero-order valence-electron chi connectivity index (χ0n) is 14.8. The quantitative estimate of drug-likeness (QED) is 0.422. The zero-order valence-corrected chi connectivity index (χ0v) is 14.8. The molecule has 1 aromatic heterocycles. The Morgan fingerprint density at radius 3 is 3.04 bits per heavy atom. The molecule has 2 rings (SSSR count). The number of hydrogen-bond acceptors (Lipinski definition) is 4. The van der Waals surface area contributed by atoms with Crippen molar-refractivity contribution in [3.63, 3.8) is 0 Å². The molecule has 1 aromatic rings. The third-order valence-corrected chi connectivity index (χ3v) is 4.22. The molecule has 1 amide bonds. The molecule has 0 radical (unpaired) electrons. The van der Waals surface area contributed by atoms with Crippen molar-refractivity contribution in [2.24, 2.45) is 0 Å². The van der Waals surface area contributed by atoms with Gasteiger partial charge in [0.25, 0.3) is 0 Å². The van der Waals surface area contributed by atoms with E-state index in [0.717, 1.165) is 12.8 Å². The second kappa shape index (κ2) is 10.5. The van der Waals surface area contributed by atoms with Gasteiger partial charge in [-0.1, -0.05) is 18.1 Å². The SMILES string of the molecule is O=C(O)CCCC#CCN1C(=O)CCC[C@@H]1/C=C/C(O)Cc1ccco1. The fraction of sp³-hybridized carbons (Fsp3) is 0.500. The molecule has 0 saturated carbocycles. The summed E-state index contributed by atoms with van der Waals surface area (Å²) < 4.78 is 5.22. The summed E-state index contributed by atoms with van der Waals surface area (Å²) >= 11 is 0. The van der Waals surface area contributed by atoms with Crippen LogP contribution in [0.5, 0.6) is 0 Å². The first-order valence-corrected chi connectivity index (χ1v) is 8.92. The number of carboxylic acid groups (broad SMARTS) is 1. The van der Waals surface area contributed by atoms with E-state index in [9.17, 15) is 14.7 Å². The van der Waals surface area contributed by atoms with E-state index in [-0.39, 0.29) is 18.4 Å². The number of likely N-dealkylation sites (tertiary alicyclic amines) is 1. The standard InChI is InChI=1S/C20H25NO5/c22-17(15-18-8-6-14-26-18)12-11-16-7-5-9-19(23)21(16)13-4-2-1-3-10-20(24)25/h6,8,11-12,14,16-17,22H,1,3,5,7,9-10,13,15H2,(H,24,25)/b12-11+/t16-,17?/m1/s1. The highest BCUT2D eigenvalue weighted by atomic mass is 16.4. The van der Waals surface area contributed by atoms with Gasteiger partial charge < -0.3 is 19.5 Å². The Labute approximate surface area is 153 Å². The van der Waals surface area contributed by atoms with E-state index in [4.69, 9.17) is 9.52 Å². The minimum Gasteiger partial charge on any atom is -0.481 e. The largest absolute Gasteiger partial charge is 0.481 e. The molecule has 140 valence electrons. The van der Waals surface area contributed by atoms with Crippen molar-refractivity contribution in [3.05, 3.63) is 36.3 Å². The maximum absolute atomic E-state index is 12.2. The molecule has 1 saturated heterocycles. The van der Waals surface area contributed by atoms with Gasteiger partial charge in [0.15, 0.2) is 0 Å². The molecule has 1 unspecified atom stereocenters. The monoisotopic (exact) mass is 359 g/mol. The fourth-order valence-corrected chi connectivity index (χ4v) is 2.87. The van der Waals surface area contributed by atoms with Gasteiger partial charge in [0.1, 0.15) is 5.76 Å². The number of aliphatic hydroxyl groups is 1. The molecule has 2 heterocycles. The second-order valence-electron chi connectivity index (χ2n) is 6.32. The number of carbonyl (C=O) groups excluding carboxylic acids is 1. The highest BCUT2D eigenvalue weighted by Gasteiger charge is 2.25. The van der Waals surface area contributed by atoms with Gasteiger partial charge in [-0.05, 0) is 31.4 Å².